The first kappa shape index (κ1) is 12.1. The highest BCUT2D eigenvalue weighted by Gasteiger charge is 2.24. The van der Waals surface area contributed by atoms with Crippen molar-refractivity contribution in [2.75, 3.05) is 6.54 Å². The number of hydrogen-bond donors (Lipinski definition) is 2. The van der Waals surface area contributed by atoms with Crippen molar-refractivity contribution < 1.29 is 9.59 Å². The van der Waals surface area contributed by atoms with Gasteiger partial charge in [0.2, 0.25) is 5.91 Å². The number of hydrogen-bond acceptors (Lipinski definition) is 4. The maximum absolute atomic E-state index is 11.8. The number of aromatic nitrogens is 2. The van der Waals surface area contributed by atoms with E-state index in [9.17, 15) is 9.59 Å². The quantitative estimate of drug-likeness (QED) is 0.818. The molecule has 2 rings (SSSR count). The molecular weight excluding hydrogens is 267 g/mol. The van der Waals surface area contributed by atoms with Crippen LogP contribution < -0.4 is 10.6 Å². The fraction of sp³-hybridized carbons (Fsp3) is 0.333. The summed E-state index contributed by atoms with van der Waals surface area (Å²) in [7, 11) is 0. The van der Waals surface area contributed by atoms with Crippen molar-refractivity contribution >= 4 is 35.0 Å². The standard InChI is InChI=1S/C9H8Cl2N4O2/c10-6-2-5(8(11)15-14-6)9(17)13-4-1-7(16)12-3-4/h2,4H,1,3H2,(H,12,16)(H,13,17). The van der Waals surface area contributed by atoms with E-state index in [2.05, 4.69) is 20.8 Å². The minimum absolute atomic E-state index is 0.0239. The molecule has 2 amide bonds. The zero-order valence-corrected chi connectivity index (χ0v) is 10.0. The molecule has 1 atom stereocenters. The molecule has 0 bridgehead atoms. The van der Waals surface area contributed by atoms with Crippen LogP contribution in [0.5, 0.6) is 0 Å². The third-order valence-corrected chi connectivity index (χ3v) is 2.74. The lowest BCUT2D eigenvalue weighted by molar-refractivity contribution is -0.119. The Morgan fingerprint density at radius 1 is 1.47 bits per heavy atom. The molecule has 1 aromatic rings. The molecule has 1 saturated heterocycles. The summed E-state index contributed by atoms with van der Waals surface area (Å²) in [5, 5.41) is 12.4. The molecule has 0 aliphatic carbocycles. The highest BCUT2D eigenvalue weighted by molar-refractivity contribution is 6.34. The van der Waals surface area contributed by atoms with Gasteiger partial charge in [-0.05, 0) is 6.07 Å². The number of nitrogens with one attached hydrogen (secondary N) is 2. The van der Waals surface area contributed by atoms with Gasteiger partial charge in [-0.25, -0.2) is 0 Å². The average molecular weight is 275 g/mol. The van der Waals surface area contributed by atoms with Gasteiger partial charge in [-0.15, -0.1) is 10.2 Å². The van der Waals surface area contributed by atoms with Crippen LogP contribution in [0.1, 0.15) is 16.8 Å². The number of nitrogens with zero attached hydrogens (tertiary/aromatic N) is 2. The second-order valence-electron chi connectivity index (χ2n) is 3.55. The first-order valence-electron chi connectivity index (χ1n) is 4.82. The summed E-state index contributed by atoms with van der Waals surface area (Å²) in [6, 6.07) is 1.09. The molecule has 1 aliphatic heterocycles. The average Bonchev–Trinajstić information content (AvgIpc) is 2.67. The van der Waals surface area contributed by atoms with Crippen molar-refractivity contribution in [3.63, 3.8) is 0 Å². The summed E-state index contributed by atoms with van der Waals surface area (Å²) in [5.74, 6) is -0.513. The van der Waals surface area contributed by atoms with E-state index in [-0.39, 0.29) is 34.2 Å². The molecule has 8 heteroatoms. The fourth-order valence-electron chi connectivity index (χ4n) is 1.48. The van der Waals surface area contributed by atoms with Gasteiger partial charge < -0.3 is 10.6 Å². The zero-order valence-electron chi connectivity index (χ0n) is 8.54. The molecule has 1 aliphatic rings. The number of halogens is 2. The zero-order chi connectivity index (χ0) is 12.4. The first-order valence-corrected chi connectivity index (χ1v) is 5.58. The summed E-state index contributed by atoms with van der Waals surface area (Å²) in [6.45, 7) is 0.411. The highest BCUT2D eigenvalue weighted by atomic mass is 35.5. The normalized spacial score (nSPS) is 18.9. The minimum atomic E-state index is -0.423. The molecule has 90 valence electrons. The predicted molar refractivity (Wildman–Crippen MR) is 60.9 cm³/mol. The van der Waals surface area contributed by atoms with Crippen molar-refractivity contribution in [2.24, 2.45) is 0 Å². The van der Waals surface area contributed by atoms with Crippen molar-refractivity contribution in [3.8, 4) is 0 Å². The van der Waals surface area contributed by atoms with Crippen molar-refractivity contribution in [1.82, 2.24) is 20.8 Å². The van der Waals surface area contributed by atoms with Crippen LogP contribution in [0, 0.1) is 0 Å². The summed E-state index contributed by atoms with van der Waals surface area (Å²) in [5.41, 5.74) is 0.144. The van der Waals surface area contributed by atoms with Gasteiger partial charge in [-0.3, -0.25) is 9.59 Å². The molecule has 2 heterocycles. The van der Waals surface area contributed by atoms with E-state index < -0.39 is 5.91 Å². The lowest BCUT2D eigenvalue weighted by Crippen LogP contribution is -2.36. The number of amides is 2. The lowest BCUT2D eigenvalue weighted by atomic mass is 10.2. The van der Waals surface area contributed by atoms with Crippen molar-refractivity contribution in [3.05, 3.63) is 21.9 Å². The Kier molecular flexibility index (Phi) is 3.44. The van der Waals surface area contributed by atoms with E-state index in [1.807, 2.05) is 0 Å². The SMILES string of the molecule is O=C1CC(NC(=O)c2cc(Cl)nnc2Cl)CN1. The lowest BCUT2D eigenvalue weighted by Gasteiger charge is -2.10. The van der Waals surface area contributed by atoms with Gasteiger partial charge in [0.25, 0.3) is 5.91 Å². The molecule has 0 aromatic carbocycles. The Morgan fingerprint density at radius 3 is 2.88 bits per heavy atom. The molecule has 1 unspecified atom stereocenters. The topological polar surface area (TPSA) is 84.0 Å². The molecule has 6 nitrogen and oxygen atoms in total. The Morgan fingerprint density at radius 2 is 2.24 bits per heavy atom. The minimum Gasteiger partial charge on any atom is -0.354 e. The summed E-state index contributed by atoms with van der Waals surface area (Å²) >= 11 is 11.4. The molecule has 1 fully saturated rings. The number of rotatable bonds is 2. The van der Waals surface area contributed by atoms with Crippen LogP contribution in [0.15, 0.2) is 6.07 Å². The van der Waals surface area contributed by atoms with E-state index in [0.717, 1.165) is 0 Å². The highest BCUT2D eigenvalue weighted by Crippen LogP contribution is 2.15. The van der Waals surface area contributed by atoms with Crippen LogP contribution >= 0.6 is 23.2 Å². The van der Waals surface area contributed by atoms with Crippen LogP contribution in [0.25, 0.3) is 0 Å². The first-order chi connectivity index (χ1) is 8.06. The maximum atomic E-state index is 11.8. The van der Waals surface area contributed by atoms with Crippen LogP contribution in [-0.2, 0) is 4.79 Å². The van der Waals surface area contributed by atoms with Gasteiger partial charge in [0.05, 0.1) is 11.6 Å². The number of carbonyl (C=O) groups excluding carboxylic acids is 2. The predicted octanol–water partition coefficient (Wildman–Crippen LogP) is 0.402. The van der Waals surface area contributed by atoms with E-state index in [1.54, 1.807) is 0 Å². The smallest absolute Gasteiger partial charge is 0.254 e. The summed E-state index contributed by atoms with van der Waals surface area (Å²) < 4.78 is 0. The van der Waals surface area contributed by atoms with Gasteiger partial charge >= 0.3 is 0 Å². The third-order valence-electron chi connectivity index (χ3n) is 2.28. The van der Waals surface area contributed by atoms with Gasteiger partial charge in [0.1, 0.15) is 0 Å². The van der Waals surface area contributed by atoms with E-state index in [1.165, 1.54) is 6.07 Å². The largest absolute Gasteiger partial charge is 0.354 e. The Bertz CT molecular complexity index is 480. The molecular formula is C9H8Cl2N4O2. The second-order valence-corrected chi connectivity index (χ2v) is 4.30. The Hall–Kier alpha value is -1.40. The van der Waals surface area contributed by atoms with E-state index >= 15 is 0 Å². The Balaban J connectivity index is 2.09. The fourth-order valence-corrected chi connectivity index (χ4v) is 1.81. The van der Waals surface area contributed by atoms with Crippen molar-refractivity contribution in [1.29, 1.82) is 0 Å². The van der Waals surface area contributed by atoms with Crippen molar-refractivity contribution in [2.45, 2.75) is 12.5 Å². The molecule has 1 aromatic heterocycles. The van der Waals surface area contributed by atoms with Crippen LogP contribution in [0.3, 0.4) is 0 Å². The van der Waals surface area contributed by atoms with Gasteiger partial charge in [0, 0.05) is 13.0 Å². The molecule has 17 heavy (non-hydrogen) atoms. The molecule has 0 saturated carbocycles. The molecule has 2 N–H and O–H groups in total. The Labute approximate surface area is 107 Å². The monoisotopic (exact) mass is 274 g/mol. The summed E-state index contributed by atoms with van der Waals surface area (Å²) in [4.78, 5) is 22.8. The van der Waals surface area contributed by atoms with Gasteiger partial charge in [0.15, 0.2) is 10.3 Å². The van der Waals surface area contributed by atoms with Gasteiger partial charge in [-0.1, -0.05) is 23.2 Å². The van der Waals surface area contributed by atoms with Crippen LogP contribution in [-0.4, -0.2) is 34.6 Å². The second kappa shape index (κ2) is 4.85. The van der Waals surface area contributed by atoms with E-state index in [0.29, 0.717) is 6.54 Å². The third kappa shape index (κ3) is 2.83. The van der Waals surface area contributed by atoms with Crippen LogP contribution in [0.2, 0.25) is 10.3 Å². The maximum Gasteiger partial charge on any atom is 0.254 e. The molecule has 0 spiro atoms. The summed E-state index contributed by atoms with van der Waals surface area (Å²) in [6.07, 6.45) is 0.260. The number of carbonyl (C=O) groups is 2. The molecule has 0 radical (unpaired) electrons. The van der Waals surface area contributed by atoms with Gasteiger partial charge in [-0.2, -0.15) is 0 Å². The van der Waals surface area contributed by atoms with E-state index in [4.69, 9.17) is 23.2 Å². The van der Waals surface area contributed by atoms with Crippen LogP contribution in [0.4, 0.5) is 0 Å².